The van der Waals surface area contributed by atoms with Crippen molar-refractivity contribution >= 4 is 45.4 Å². The zero-order valence-corrected chi connectivity index (χ0v) is 18.6. The smallest absolute Gasteiger partial charge is 0.267 e. The number of hydrogen-bond acceptors (Lipinski definition) is 8. The second-order valence-electron chi connectivity index (χ2n) is 7.24. The topological polar surface area (TPSA) is 87.9 Å². The first-order chi connectivity index (χ1) is 14.5. The van der Waals surface area contributed by atoms with Gasteiger partial charge in [0, 0.05) is 6.04 Å². The molecule has 1 saturated carbocycles. The molecule has 0 bridgehead atoms. The standard InChI is InChI=1S/C21H24N4O3S2/c1-3-28-17-11-14(9-10-16(17)26)12-18-19(27)25(15-7-5-4-6-8-15)21(30-18)22-20-24-23-13(2)29-20/h9-12,15,26H,3-8H2,1-2H3/b18-12-,22-21+. The number of rotatable bonds is 5. The van der Waals surface area contributed by atoms with Crippen LogP contribution in [0.5, 0.6) is 11.5 Å². The van der Waals surface area contributed by atoms with Gasteiger partial charge in [-0.25, -0.2) is 0 Å². The predicted molar refractivity (Wildman–Crippen MR) is 120 cm³/mol. The van der Waals surface area contributed by atoms with Gasteiger partial charge < -0.3 is 9.84 Å². The van der Waals surface area contributed by atoms with Crippen LogP contribution in [0.2, 0.25) is 0 Å². The third kappa shape index (κ3) is 4.52. The summed E-state index contributed by atoms with van der Waals surface area (Å²) in [6.07, 6.45) is 7.27. The number of aryl methyl sites for hydroxylation is 1. The zero-order chi connectivity index (χ0) is 21.1. The number of aromatic nitrogens is 2. The van der Waals surface area contributed by atoms with Crippen molar-refractivity contribution in [3.05, 3.63) is 33.7 Å². The Morgan fingerprint density at radius 2 is 2.10 bits per heavy atom. The van der Waals surface area contributed by atoms with Crippen molar-refractivity contribution in [3.63, 3.8) is 0 Å². The molecule has 1 aliphatic carbocycles. The van der Waals surface area contributed by atoms with E-state index in [2.05, 4.69) is 15.2 Å². The molecule has 1 N–H and O–H groups in total. The van der Waals surface area contributed by atoms with Crippen LogP contribution in [0.3, 0.4) is 0 Å². The number of ether oxygens (including phenoxy) is 1. The highest BCUT2D eigenvalue weighted by molar-refractivity contribution is 8.18. The van der Waals surface area contributed by atoms with Crippen LogP contribution in [0.1, 0.15) is 49.6 Å². The summed E-state index contributed by atoms with van der Waals surface area (Å²) in [5.41, 5.74) is 0.795. The zero-order valence-electron chi connectivity index (χ0n) is 17.0. The summed E-state index contributed by atoms with van der Waals surface area (Å²) < 4.78 is 5.47. The van der Waals surface area contributed by atoms with E-state index in [0.717, 1.165) is 36.3 Å². The Morgan fingerprint density at radius 1 is 1.30 bits per heavy atom. The van der Waals surface area contributed by atoms with Gasteiger partial charge in [-0.3, -0.25) is 9.69 Å². The number of hydrogen-bond donors (Lipinski definition) is 1. The fraction of sp³-hybridized carbons (Fsp3) is 0.429. The minimum Gasteiger partial charge on any atom is -0.504 e. The Morgan fingerprint density at radius 3 is 2.80 bits per heavy atom. The maximum absolute atomic E-state index is 13.3. The third-order valence-corrected chi connectivity index (χ3v) is 6.78. The highest BCUT2D eigenvalue weighted by Gasteiger charge is 2.38. The fourth-order valence-corrected chi connectivity index (χ4v) is 5.34. The highest BCUT2D eigenvalue weighted by Crippen LogP contribution is 2.39. The van der Waals surface area contributed by atoms with E-state index in [0.29, 0.717) is 27.6 Å². The van der Waals surface area contributed by atoms with Gasteiger partial charge in [0.25, 0.3) is 5.91 Å². The molecule has 4 rings (SSSR count). The number of thioether (sulfide) groups is 1. The average Bonchev–Trinajstić information content (AvgIpc) is 3.28. The van der Waals surface area contributed by atoms with Crippen molar-refractivity contribution in [1.29, 1.82) is 0 Å². The van der Waals surface area contributed by atoms with Crippen molar-refractivity contribution < 1.29 is 14.6 Å². The second kappa shape index (κ2) is 9.18. The lowest BCUT2D eigenvalue weighted by atomic mass is 9.94. The van der Waals surface area contributed by atoms with E-state index < -0.39 is 0 Å². The largest absolute Gasteiger partial charge is 0.504 e. The minimum absolute atomic E-state index is 0.0297. The second-order valence-corrected chi connectivity index (χ2v) is 9.41. The van der Waals surface area contributed by atoms with Gasteiger partial charge in [-0.05, 0) is 62.2 Å². The fourth-order valence-electron chi connectivity index (χ4n) is 3.68. The summed E-state index contributed by atoms with van der Waals surface area (Å²) in [6, 6.07) is 5.26. The van der Waals surface area contributed by atoms with Crippen molar-refractivity contribution in [2.45, 2.75) is 52.0 Å². The molecule has 30 heavy (non-hydrogen) atoms. The minimum atomic E-state index is -0.0297. The number of aliphatic imine (C=N–C) groups is 1. The van der Waals surface area contributed by atoms with Crippen LogP contribution in [0.4, 0.5) is 5.13 Å². The van der Waals surface area contributed by atoms with Crippen LogP contribution >= 0.6 is 23.1 Å². The Kier molecular flexibility index (Phi) is 6.38. The van der Waals surface area contributed by atoms with Gasteiger partial charge in [0.2, 0.25) is 5.13 Å². The molecule has 1 saturated heterocycles. The van der Waals surface area contributed by atoms with Gasteiger partial charge in [0.15, 0.2) is 16.7 Å². The molecule has 0 radical (unpaired) electrons. The maximum atomic E-state index is 13.3. The molecule has 2 heterocycles. The van der Waals surface area contributed by atoms with Gasteiger partial charge in [-0.1, -0.05) is 36.7 Å². The van der Waals surface area contributed by atoms with Crippen LogP contribution < -0.4 is 4.74 Å². The van der Waals surface area contributed by atoms with Gasteiger partial charge in [0.05, 0.1) is 11.5 Å². The first-order valence-corrected chi connectivity index (χ1v) is 11.8. The molecular weight excluding hydrogens is 420 g/mol. The first kappa shape index (κ1) is 20.9. The van der Waals surface area contributed by atoms with Crippen LogP contribution in [0, 0.1) is 6.92 Å². The number of nitrogens with zero attached hydrogens (tertiary/aromatic N) is 4. The van der Waals surface area contributed by atoms with Crippen LogP contribution in [0.25, 0.3) is 6.08 Å². The van der Waals surface area contributed by atoms with Gasteiger partial charge in [-0.2, -0.15) is 4.99 Å². The highest BCUT2D eigenvalue weighted by atomic mass is 32.2. The molecule has 2 fully saturated rings. The van der Waals surface area contributed by atoms with Gasteiger partial charge in [-0.15, -0.1) is 10.2 Å². The molecule has 9 heteroatoms. The SMILES string of the molecule is CCOc1cc(/C=C2\S/C(=N/c3nnc(C)s3)N(C3CCCCC3)C2=O)ccc1O. The molecule has 2 aromatic rings. The number of phenols is 1. The monoisotopic (exact) mass is 444 g/mol. The molecule has 0 unspecified atom stereocenters. The molecule has 7 nitrogen and oxygen atoms in total. The molecule has 1 amide bonds. The summed E-state index contributed by atoms with van der Waals surface area (Å²) in [5.74, 6) is 0.463. The van der Waals surface area contributed by atoms with Crippen LogP contribution in [0.15, 0.2) is 28.1 Å². The van der Waals surface area contributed by atoms with E-state index in [4.69, 9.17) is 4.74 Å². The van der Waals surface area contributed by atoms with E-state index in [1.165, 1.54) is 29.5 Å². The lowest BCUT2D eigenvalue weighted by Crippen LogP contribution is -2.40. The molecule has 0 spiro atoms. The van der Waals surface area contributed by atoms with Crippen LogP contribution in [-0.4, -0.2) is 43.9 Å². The van der Waals surface area contributed by atoms with E-state index in [1.54, 1.807) is 18.2 Å². The van der Waals surface area contributed by atoms with Gasteiger partial charge in [0.1, 0.15) is 5.01 Å². The quantitative estimate of drug-likeness (QED) is 0.661. The molecule has 0 atom stereocenters. The predicted octanol–water partition coefficient (Wildman–Crippen LogP) is 4.89. The van der Waals surface area contributed by atoms with Crippen molar-refractivity contribution in [2.75, 3.05) is 6.61 Å². The number of aromatic hydroxyl groups is 1. The van der Waals surface area contributed by atoms with Gasteiger partial charge >= 0.3 is 0 Å². The van der Waals surface area contributed by atoms with E-state index >= 15 is 0 Å². The number of carbonyl (C=O) groups excluding carboxylic acids is 1. The molecule has 1 aliphatic heterocycles. The van der Waals surface area contributed by atoms with Crippen LogP contribution in [-0.2, 0) is 4.79 Å². The van der Waals surface area contributed by atoms with Crippen molar-refractivity contribution in [1.82, 2.24) is 15.1 Å². The Labute approximate surface area is 183 Å². The number of benzene rings is 1. The summed E-state index contributed by atoms with van der Waals surface area (Å²) in [6.45, 7) is 4.20. The average molecular weight is 445 g/mol. The van der Waals surface area contributed by atoms with Crippen molar-refractivity contribution in [3.8, 4) is 11.5 Å². The Hall–Kier alpha value is -2.39. The number of amidine groups is 1. The Bertz CT molecular complexity index is 996. The number of phenolic OH excluding ortho intramolecular Hbond substituents is 1. The molecule has 158 valence electrons. The summed E-state index contributed by atoms with van der Waals surface area (Å²) in [7, 11) is 0. The Balaban J connectivity index is 1.68. The lowest BCUT2D eigenvalue weighted by Gasteiger charge is -2.30. The summed E-state index contributed by atoms with van der Waals surface area (Å²) >= 11 is 2.78. The summed E-state index contributed by atoms with van der Waals surface area (Å²) in [5, 5.41) is 20.1. The van der Waals surface area contributed by atoms with E-state index in [1.807, 2.05) is 24.8 Å². The molecule has 1 aromatic carbocycles. The van der Waals surface area contributed by atoms with E-state index in [9.17, 15) is 9.90 Å². The van der Waals surface area contributed by atoms with E-state index in [-0.39, 0.29) is 17.7 Å². The first-order valence-electron chi connectivity index (χ1n) is 10.1. The maximum Gasteiger partial charge on any atom is 0.267 e. The van der Waals surface area contributed by atoms with Crippen molar-refractivity contribution in [2.24, 2.45) is 4.99 Å². The molecular formula is C21H24N4O3S2. The molecule has 2 aliphatic rings. The molecule has 1 aromatic heterocycles. The number of amides is 1. The third-order valence-electron chi connectivity index (χ3n) is 5.06. The number of carbonyl (C=O) groups is 1. The normalized spacial score (nSPS) is 20.5. The summed E-state index contributed by atoms with van der Waals surface area (Å²) in [4.78, 5) is 20.4. The lowest BCUT2D eigenvalue weighted by molar-refractivity contribution is -0.124.